The molecule has 0 saturated carbocycles. The van der Waals surface area contributed by atoms with Gasteiger partial charge in [-0.05, 0) is 12.1 Å². The van der Waals surface area contributed by atoms with Crippen molar-refractivity contribution < 1.29 is 4.42 Å². The first kappa shape index (κ1) is 9.40. The molecule has 3 rings (SSSR count). The fraction of sp³-hybridized carbons (Fsp3) is 0. The Balaban J connectivity index is 0.000000124. The average Bonchev–Trinajstić information content (AvgIpc) is 2.80. The van der Waals surface area contributed by atoms with Gasteiger partial charge in [0.25, 0.3) is 0 Å². The Bertz CT molecular complexity index is 448. The second-order valence-corrected chi connectivity index (χ2v) is 2.91. The van der Waals surface area contributed by atoms with Gasteiger partial charge in [-0.2, -0.15) is 10.2 Å². The maximum absolute atomic E-state index is 4.96. The zero-order valence-corrected chi connectivity index (χ0v) is 8.08. The van der Waals surface area contributed by atoms with Gasteiger partial charge >= 0.3 is 0 Å². The standard InChI is InChI=1S/C8H6O.C4H4N2/c1-2-4-8-6-9-5-7(8)3-1;1-2-4-6-5-3-1/h1-6H;1-4H. The van der Waals surface area contributed by atoms with E-state index in [4.69, 9.17) is 4.42 Å². The number of benzene rings is 1. The predicted octanol–water partition coefficient (Wildman–Crippen LogP) is 2.91. The minimum absolute atomic E-state index is 1.16. The first-order valence-corrected chi connectivity index (χ1v) is 4.59. The zero-order chi connectivity index (χ0) is 10.3. The molecule has 0 amide bonds. The fourth-order valence-corrected chi connectivity index (χ4v) is 1.16. The van der Waals surface area contributed by atoms with E-state index in [1.807, 2.05) is 36.4 Å². The molecule has 0 bridgehead atoms. The van der Waals surface area contributed by atoms with Crippen molar-refractivity contribution in [1.82, 2.24) is 10.2 Å². The monoisotopic (exact) mass is 198 g/mol. The Morgan fingerprint density at radius 2 is 1.27 bits per heavy atom. The molecule has 0 saturated heterocycles. The molecule has 0 aliphatic carbocycles. The summed E-state index contributed by atoms with van der Waals surface area (Å²) in [7, 11) is 0. The third-order valence-corrected chi connectivity index (χ3v) is 1.87. The molecule has 0 unspecified atom stereocenters. The highest BCUT2D eigenvalue weighted by Crippen LogP contribution is 2.12. The molecule has 0 radical (unpaired) electrons. The van der Waals surface area contributed by atoms with Gasteiger partial charge in [0.05, 0.1) is 12.5 Å². The van der Waals surface area contributed by atoms with Crippen LogP contribution in [0.5, 0.6) is 0 Å². The van der Waals surface area contributed by atoms with E-state index < -0.39 is 0 Å². The van der Waals surface area contributed by atoms with Crippen molar-refractivity contribution in [2.75, 3.05) is 0 Å². The highest BCUT2D eigenvalue weighted by atomic mass is 16.3. The van der Waals surface area contributed by atoms with Crippen LogP contribution < -0.4 is 0 Å². The van der Waals surface area contributed by atoms with Gasteiger partial charge in [-0.3, -0.25) is 0 Å². The predicted molar refractivity (Wildman–Crippen MR) is 58.2 cm³/mol. The lowest BCUT2D eigenvalue weighted by Crippen LogP contribution is -1.69. The molecule has 2 aromatic heterocycles. The highest BCUT2D eigenvalue weighted by molar-refractivity contribution is 5.80. The van der Waals surface area contributed by atoms with Crippen LogP contribution in [0.3, 0.4) is 0 Å². The number of hydrogen-bond acceptors (Lipinski definition) is 3. The lowest BCUT2D eigenvalue weighted by molar-refractivity contribution is 0.572. The normalized spacial score (nSPS) is 9.33. The van der Waals surface area contributed by atoms with Crippen LogP contribution >= 0.6 is 0 Å². The van der Waals surface area contributed by atoms with Crippen LogP contribution in [0.1, 0.15) is 0 Å². The summed E-state index contributed by atoms with van der Waals surface area (Å²) in [6.45, 7) is 0. The third kappa shape index (κ3) is 2.64. The Kier molecular flexibility index (Phi) is 3.07. The molecule has 0 fully saturated rings. The number of hydrogen-bond donors (Lipinski definition) is 0. The van der Waals surface area contributed by atoms with Gasteiger partial charge in [0.15, 0.2) is 0 Å². The van der Waals surface area contributed by atoms with Crippen LogP contribution in [0.15, 0.2) is 65.7 Å². The van der Waals surface area contributed by atoms with Gasteiger partial charge < -0.3 is 4.42 Å². The van der Waals surface area contributed by atoms with Gasteiger partial charge in [0, 0.05) is 23.2 Å². The molecule has 2 heterocycles. The lowest BCUT2D eigenvalue weighted by Gasteiger charge is -1.80. The summed E-state index contributed by atoms with van der Waals surface area (Å²) in [5.74, 6) is 0. The van der Waals surface area contributed by atoms with Crippen LogP contribution in [0.25, 0.3) is 10.8 Å². The van der Waals surface area contributed by atoms with E-state index in [9.17, 15) is 0 Å². The molecule has 74 valence electrons. The lowest BCUT2D eigenvalue weighted by atomic mass is 10.2. The van der Waals surface area contributed by atoms with Crippen molar-refractivity contribution in [1.29, 1.82) is 0 Å². The van der Waals surface area contributed by atoms with Crippen molar-refractivity contribution in [2.24, 2.45) is 0 Å². The summed E-state index contributed by atoms with van der Waals surface area (Å²) in [4.78, 5) is 0. The molecule has 3 heteroatoms. The first-order chi connectivity index (χ1) is 7.47. The summed E-state index contributed by atoms with van der Waals surface area (Å²) in [6, 6.07) is 11.7. The molecular weight excluding hydrogens is 188 g/mol. The van der Waals surface area contributed by atoms with Gasteiger partial charge in [-0.1, -0.05) is 24.3 Å². The molecule has 0 aliphatic heterocycles. The third-order valence-electron chi connectivity index (χ3n) is 1.87. The maximum Gasteiger partial charge on any atom is 0.0981 e. The summed E-state index contributed by atoms with van der Waals surface area (Å²) in [6.07, 6.45) is 6.77. The zero-order valence-electron chi connectivity index (χ0n) is 8.08. The van der Waals surface area contributed by atoms with Crippen molar-refractivity contribution in [3.05, 3.63) is 61.3 Å². The number of nitrogens with zero attached hydrogens (tertiary/aromatic N) is 2. The van der Waals surface area contributed by atoms with Crippen molar-refractivity contribution in [3.63, 3.8) is 0 Å². The molecule has 0 N–H and O–H groups in total. The largest absolute Gasteiger partial charge is 0.471 e. The first-order valence-electron chi connectivity index (χ1n) is 4.59. The van der Waals surface area contributed by atoms with E-state index in [0.717, 1.165) is 10.8 Å². The molecule has 0 atom stereocenters. The summed E-state index contributed by atoms with van der Waals surface area (Å²) in [5.41, 5.74) is 0. The SMILES string of the molecule is c1ccc2cocc2c1.c1ccnnc1. The van der Waals surface area contributed by atoms with E-state index in [-0.39, 0.29) is 0 Å². The summed E-state index contributed by atoms with van der Waals surface area (Å²) in [5, 5.41) is 9.40. The van der Waals surface area contributed by atoms with Crippen LogP contribution in [-0.4, -0.2) is 10.2 Å². The number of rotatable bonds is 0. The number of furan rings is 1. The van der Waals surface area contributed by atoms with Crippen LogP contribution in [-0.2, 0) is 0 Å². The summed E-state index contributed by atoms with van der Waals surface area (Å²) < 4.78 is 4.96. The fourth-order valence-electron chi connectivity index (χ4n) is 1.16. The molecule has 0 spiro atoms. The van der Waals surface area contributed by atoms with Gasteiger partial charge in [0.2, 0.25) is 0 Å². The van der Waals surface area contributed by atoms with Crippen LogP contribution in [0.4, 0.5) is 0 Å². The van der Waals surface area contributed by atoms with Gasteiger partial charge in [-0.25, -0.2) is 0 Å². The van der Waals surface area contributed by atoms with E-state index in [1.54, 1.807) is 24.9 Å². The Morgan fingerprint density at radius 3 is 1.67 bits per heavy atom. The van der Waals surface area contributed by atoms with Gasteiger partial charge in [-0.15, -0.1) is 0 Å². The quantitative estimate of drug-likeness (QED) is 0.557. The second kappa shape index (κ2) is 4.91. The van der Waals surface area contributed by atoms with Crippen LogP contribution in [0.2, 0.25) is 0 Å². The molecule has 3 aromatic rings. The van der Waals surface area contributed by atoms with Crippen molar-refractivity contribution >= 4 is 10.8 Å². The molecular formula is C12H10N2O. The van der Waals surface area contributed by atoms with E-state index >= 15 is 0 Å². The minimum atomic E-state index is 1.16. The van der Waals surface area contributed by atoms with Gasteiger partial charge in [0.1, 0.15) is 0 Å². The number of aromatic nitrogens is 2. The molecule has 1 aromatic carbocycles. The molecule has 0 aliphatic rings. The Morgan fingerprint density at radius 1 is 0.733 bits per heavy atom. The maximum atomic E-state index is 4.96. The summed E-state index contributed by atoms with van der Waals surface area (Å²) >= 11 is 0. The van der Waals surface area contributed by atoms with Crippen LogP contribution in [0, 0.1) is 0 Å². The highest BCUT2D eigenvalue weighted by Gasteiger charge is 1.89. The van der Waals surface area contributed by atoms with E-state index in [0.29, 0.717) is 0 Å². The minimum Gasteiger partial charge on any atom is -0.471 e. The smallest absolute Gasteiger partial charge is 0.0981 e. The Hall–Kier alpha value is -2.16. The van der Waals surface area contributed by atoms with Crippen molar-refractivity contribution in [2.45, 2.75) is 0 Å². The topological polar surface area (TPSA) is 38.9 Å². The Labute approximate surface area is 87.4 Å². The number of fused-ring (bicyclic) bond motifs is 1. The molecule has 15 heavy (non-hydrogen) atoms. The van der Waals surface area contributed by atoms with Crippen molar-refractivity contribution in [3.8, 4) is 0 Å². The second-order valence-electron chi connectivity index (χ2n) is 2.91. The van der Waals surface area contributed by atoms with E-state index in [2.05, 4.69) is 10.2 Å². The molecule has 3 nitrogen and oxygen atoms in total. The van der Waals surface area contributed by atoms with E-state index in [1.165, 1.54) is 0 Å². The average molecular weight is 198 g/mol.